The molecule has 10 nitrogen and oxygen atoms in total. The van der Waals surface area contributed by atoms with Gasteiger partial charge in [-0.1, -0.05) is 11.6 Å². The van der Waals surface area contributed by atoms with Gasteiger partial charge in [0.05, 0.1) is 41.8 Å². The lowest BCUT2D eigenvalue weighted by molar-refractivity contribution is -0.0293. The van der Waals surface area contributed by atoms with Crippen LogP contribution < -0.4 is 15.4 Å². The summed E-state index contributed by atoms with van der Waals surface area (Å²) in [5.74, 6) is 1.89. The van der Waals surface area contributed by atoms with Crippen LogP contribution in [0.3, 0.4) is 0 Å². The van der Waals surface area contributed by atoms with Crippen LogP contribution in [0.2, 0.25) is 5.02 Å². The molecule has 188 valence electrons. The molecule has 4 aromatic rings. The third-order valence-corrected chi connectivity index (χ3v) is 7.48. The first-order valence-electron chi connectivity index (χ1n) is 12.3. The van der Waals surface area contributed by atoms with E-state index >= 15 is 0 Å². The number of aryl methyl sites for hydroxylation is 1. The van der Waals surface area contributed by atoms with Crippen molar-refractivity contribution in [2.45, 2.75) is 31.2 Å². The number of nitrogens with zero attached hydrogens (tertiary/aromatic N) is 6. The Labute approximate surface area is 218 Å². The van der Waals surface area contributed by atoms with Gasteiger partial charge in [0, 0.05) is 30.9 Å². The topological polar surface area (TPSA) is 102 Å². The van der Waals surface area contributed by atoms with Crippen molar-refractivity contribution >= 4 is 46.0 Å². The summed E-state index contributed by atoms with van der Waals surface area (Å²) in [6.07, 6.45) is 7.22. The minimum Gasteiger partial charge on any atom is -0.456 e. The smallest absolute Gasteiger partial charge is 0.177 e. The van der Waals surface area contributed by atoms with E-state index in [1.165, 1.54) is 6.33 Å². The minimum atomic E-state index is -0.170. The van der Waals surface area contributed by atoms with E-state index in [9.17, 15) is 0 Å². The molecular weight excluding hydrogens is 492 g/mol. The van der Waals surface area contributed by atoms with Crippen molar-refractivity contribution in [2.24, 2.45) is 12.0 Å². The highest BCUT2D eigenvalue weighted by Crippen LogP contribution is 2.37. The van der Waals surface area contributed by atoms with Gasteiger partial charge in [-0.15, -0.1) is 0 Å². The second kappa shape index (κ2) is 8.98. The lowest BCUT2D eigenvalue weighted by Crippen LogP contribution is -2.54. The number of morpholine rings is 1. The van der Waals surface area contributed by atoms with Crippen LogP contribution in [0.1, 0.15) is 18.5 Å². The molecule has 3 aliphatic heterocycles. The number of rotatable bonds is 5. The lowest BCUT2D eigenvalue weighted by Gasteiger charge is -2.40. The molecule has 0 aliphatic carbocycles. The summed E-state index contributed by atoms with van der Waals surface area (Å²) in [7, 11) is 1.96. The van der Waals surface area contributed by atoms with Gasteiger partial charge < -0.3 is 24.7 Å². The Morgan fingerprint density at radius 2 is 1.95 bits per heavy atom. The molecule has 2 bridgehead atoms. The van der Waals surface area contributed by atoms with E-state index in [4.69, 9.17) is 26.1 Å². The molecule has 0 amide bonds. The summed E-state index contributed by atoms with van der Waals surface area (Å²) in [6.45, 7) is 1.49. The van der Waals surface area contributed by atoms with Crippen molar-refractivity contribution in [3.8, 4) is 11.5 Å². The summed E-state index contributed by atoms with van der Waals surface area (Å²) in [5, 5.41) is 7.41. The number of halogens is 1. The van der Waals surface area contributed by atoms with Crippen LogP contribution >= 0.6 is 11.6 Å². The largest absolute Gasteiger partial charge is 0.456 e. The molecule has 7 rings (SSSR count). The van der Waals surface area contributed by atoms with Crippen LogP contribution in [0.15, 0.2) is 54.0 Å². The Morgan fingerprint density at radius 3 is 2.78 bits per heavy atom. The van der Waals surface area contributed by atoms with Crippen molar-refractivity contribution in [1.29, 1.82) is 0 Å². The minimum absolute atomic E-state index is 0.170. The number of aromatic nitrogens is 4. The molecular formula is C26H25ClN8O2. The molecule has 3 unspecified atom stereocenters. The number of benzene rings is 2. The number of ether oxygens (including phenoxy) is 2. The van der Waals surface area contributed by atoms with Crippen LogP contribution in [0, 0.1) is 0 Å². The van der Waals surface area contributed by atoms with Crippen molar-refractivity contribution < 1.29 is 9.47 Å². The number of hydrogen-bond acceptors (Lipinski definition) is 9. The van der Waals surface area contributed by atoms with E-state index in [0.717, 1.165) is 54.2 Å². The molecule has 0 spiro atoms. The van der Waals surface area contributed by atoms with E-state index in [-0.39, 0.29) is 6.29 Å². The van der Waals surface area contributed by atoms with Gasteiger partial charge in [0.15, 0.2) is 12.1 Å². The van der Waals surface area contributed by atoms with Crippen LogP contribution in [0.25, 0.3) is 11.0 Å². The maximum atomic E-state index is 6.60. The van der Waals surface area contributed by atoms with Gasteiger partial charge in [0.2, 0.25) is 0 Å². The molecule has 11 heteroatoms. The molecule has 3 aliphatic rings. The fourth-order valence-corrected chi connectivity index (χ4v) is 5.58. The first-order chi connectivity index (χ1) is 18.1. The third kappa shape index (κ3) is 4.07. The standard InChI is InChI=1S/C26H25ClN8O2/c1-34-14-31-20-9-18(5-6-22(20)34)37-23-7-2-15(8-19(23)27)32-25-24-21(29-13-30-25)10-28-26(33-24)35-16-3-4-17(35)12-36-11-16/h2,5-10,13-14,16-17,26,33H,3-4,11-12H2,1H3,(H,29,30,32). The van der Waals surface area contributed by atoms with Gasteiger partial charge >= 0.3 is 0 Å². The molecule has 5 heterocycles. The first-order valence-corrected chi connectivity index (χ1v) is 12.7. The quantitative estimate of drug-likeness (QED) is 0.398. The fourth-order valence-electron chi connectivity index (χ4n) is 5.36. The fraction of sp³-hybridized carbons (Fsp3) is 0.308. The van der Waals surface area contributed by atoms with Crippen molar-refractivity contribution in [3.05, 3.63) is 59.8 Å². The van der Waals surface area contributed by atoms with Crippen molar-refractivity contribution in [3.63, 3.8) is 0 Å². The summed E-state index contributed by atoms with van der Waals surface area (Å²) >= 11 is 6.60. The van der Waals surface area contributed by atoms with Gasteiger partial charge in [-0.25, -0.2) is 15.0 Å². The van der Waals surface area contributed by atoms with Crippen LogP contribution in [0.4, 0.5) is 17.2 Å². The Bertz CT molecular complexity index is 1510. The lowest BCUT2D eigenvalue weighted by atomic mass is 10.2. The van der Waals surface area contributed by atoms with Crippen LogP contribution in [-0.2, 0) is 11.8 Å². The zero-order valence-electron chi connectivity index (χ0n) is 20.1. The first kappa shape index (κ1) is 22.5. The van der Waals surface area contributed by atoms with E-state index in [1.54, 1.807) is 6.33 Å². The summed E-state index contributed by atoms with van der Waals surface area (Å²) in [4.78, 5) is 20.4. The SMILES string of the molecule is Cn1cnc2cc(Oc3ccc(Nc4ncnc5c4NC(N4C6CCC4COC6)N=C5)cc3Cl)ccc21. The maximum absolute atomic E-state index is 6.60. The highest BCUT2D eigenvalue weighted by molar-refractivity contribution is 6.32. The zero-order chi connectivity index (χ0) is 24.9. The van der Waals surface area contributed by atoms with Gasteiger partial charge in [-0.05, 0) is 43.2 Å². The Morgan fingerprint density at radius 1 is 1.08 bits per heavy atom. The number of anilines is 3. The Kier molecular flexibility index (Phi) is 5.45. The molecule has 37 heavy (non-hydrogen) atoms. The number of nitrogens with one attached hydrogen (secondary N) is 2. The average Bonchev–Trinajstić information content (AvgIpc) is 3.40. The number of aliphatic imine (C=N–C) groups is 1. The van der Waals surface area contributed by atoms with E-state index < -0.39 is 0 Å². The second-order valence-electron chi connectivity index (χ2n) is 9.53. The number of fused-ring (bicyclic) bond motifs is 4. The predicted molar refractivity (Wildman–Crippen MR) is 142 cm³/mol. The Hall–Kier alpha value is -3.73. The molecule has 3 atom stereocenters. The van der Waals surface area contributed by atoms with Crippen molar-refractivity contribution in [1.82, 2.24) is 24.4 Å². The zero-order valence-corrected chi connectivity index (χ0v) is 20.9. The normalized spacial score (nSPS) is 22.6. The highest BCUT2D eigenvalue weighted by Gasteiger charge is 2.42. The number of imidazole rings is 1. The van der Waals surface area contributed by atoms with Gasteiger partial charge in [0.1, 0.15) is 29.2 Å². The highest BCUT2D eigenvalue weighted by atomic mass is 35.5. The maximum Gasteiger partial charge on any atom is 0.177 e. The summed E-state index contributed by atoms with van der Waals surface area (Å²) < 4.78 is 13.8. The molecule has 2 aromatic carbocycles. The summed E-state index contributed by atoms with van der Waals surface area (Å²) in [6, 6.07) is 12.1. The molecule has 2 aromatic heterocycles. The molecule has 0 saturated carbocycles. The molecule has 0 radical (unpaired) electrons. The van der Waals surface area contributed by atoms with E-state index in [2.05, 4.69) is 30.5 Å². The average molecular weight is 517 g/mol. The van der Waals surface area contributed by atoms with Crippen molar-refractivity contribution in [2.75, 3.05) is 23.8 Å². The van der Waals surface area contributed by atoms with Gasteiger partial charge in [-0.2, -0.15) is 0 Å². The molecule has 2 fully saturated rings. The van der Waals surface area contributed by atoms with Crippen LogP contribution in [0.5, 0.6) is 11.5 Å². The monoisotopic (exact) mass is 516 g/mol. The Balaban J connectivity index is 1.10. The van der Waals surface area contributed by atoms with Gasteiger partial charge in [0.25, 0.3) is 0 Å². The van der Waals surface area contributed by atoms with Gasteiger partial charge in [-0.3, -0.25) is 9.89 Å². The third-order valence-electron chi connectivity index (χ3n) is 7.19. The molecule has 2 saturated heterocycles. The number of hydrogen-bond donors (Lipinski definition) is 2. The predicted octanol–water partition coefficient (Wildman–Crippen LogP) is 4.54. The van der Waals surface area contributed by atoms with E-state index in [0.29, 0.717) is 34.4 Å². The van der Waals surface area contributed by atoms with E-state index in [1.807, 2.05) is 54.2 Å². The van der Waals surface area contributed by atoms with Crippen LogP contribution in [-0.4, -0.2) is 62.2 Å². The second-order valence-corrected chi connectivity index (χ2v) is 9.93. The molecule has 2 N–H and O–H groups in total. The summed E-state index contributed by atoms with van der Waals surface area (Å²) in [5.41, 5.74) is 4.24.